The van der Waals surface area contributed by atoms with Crippen LogP contribution in [-0.4, -0.2) is 39.8 Å². The van der Waals surface area contributed by atoms with Crippen molar-refractivity contribution in [3.8, 4) is 0 Å². The maximum absolute atomic E-state index is 13.8. The summed E-state index contributed by atoms with van der Waals surface area (Å²) in [4.78, 5) is 30.8. The summed E-state index contributed by atoms with van der Waals surface area (Å²) in [7, 11) is 0. The molecule has 5 heteroatoms. The highest BCUT2D eigenvalue weighted by Crippen LogP contribution is 2.38. The Hall–Kier alpha value is -2.66. The Morgan fingerprint density at radius 2 is 1.91 bits per heavy atom. The third kappa shape index (κ3) is 3.73. The molecule has 32 heavy (non-hydrogen) atoms. The molecule has 3 atom stereocenters. The van der Waals surface area contributed by atoms with Gasteiger partial charge in [0.1, 0.15) is 0 Å². The van der Waals surface area contributed by atoms with Crippen molar-refractivity contribution in [3.63, 3.8) is 0 Å². The maximum Gasteiger partial charge on any atom is 0.254 e. The number of aliphatic hydroxyl groups excluding tert-OH is 1. The van der Waals surface area contributed by atoms with Crippen LogP contribution in [0.25, 0.3) is 0 Å². The molecule has 0 unspecified atom stereocenters. The van der Waals surface area contributed by atoms with E-state index in [0.717, 1.165) is 47.9 Å². The first kappa shape index (κ1) is 21.2. The zero-order valence-electron chi connectivity index (χ0n) is 18.8. The van der Waals surface area contributed by atoms with E-state index < -0.39 is 0 Å². The highest BCUT2D eigenvalue weighted by atomic mass is 16.3. The normalized spacial score (nSPS) is 24.9. The van der Waals surface area contributed by atoms with Crippen molar-refractivity contribution in [2.45, 2.75) is 58.2 Å². The molecule has 5 rings (SSSR count). The van der Waals surface area contributed by atoms with Gasteiger partial charge in [-0.15, -0.1) is 0 Å². The molecule has 0 saturated heterocycles. The summed E-state index contributed by atoms with van der Waals surface area (Å²) in [5.74, 6) is 0.760. The van der Waals surface area contributed by atoms with Gasteiger partial charge in [0.25, 0.3) is 5.91 Å². The van der Waals surface area contributed by atoms with E-state index >= 15 is 0 Å². The third-order valence-electron chi connectivity index (χ3n) is 7.75. The molecule has 3 aliphatic rings. The fourth-order valence-corrected chi connectivity index (χ4v) is 5.87. The van der Waals surface area contributed by atoms with Crippen molar-refractivity contribution in [1.29, 1.82) is 0 Å². The van der Waals surface area contributed by atoms with Crippen LogP contribution in [-0.2, 0) is 24.4 Å². The number of nitrogens with zero attached hydrogens (tertiary/aromatic N) is 2. The smallest absolute Gasteiger partial charge is 0.254 e. The highest BCUT2D eigenvalue weighted by Gasteiger charge is 2.39. The van der Waals surface area contributed by atoms with Crippen LogP contribution in [0.5, 0.6) is 0 Å². The standard InChI is InChI=1S/C27H32N2O3/c1-18-6-2-4-8-22(18)27(32)29-13-12-20-11-10-19(17-30)14-24(20)25(29)16-28-15-21-7-3-5-9-23(21)26(28)31/h3,5,7,9-11,14,18,22,25,30H,2,4,6,8,12-13,15-17H2,1H3/t18-,22+,25+/m0/s1. The number of carbonyl (C=O) groups excluding carboxylic acids is 2. The first-order valence-corrected chi connectivity index (χ1v) is 12.0. The molecule has 2 aromatic carbocycles. The van der Waals surface area contributed by atoms with Gasteiger partial charge >= 0.3 is 0 Å². The molecule has 1 fully saturated rings. The van der Waals surface area contributed by atoms with E-state index in [1.807, 2.05) is 46.2 Å². The summed E-state index contributed by atoms with van der Waals surface area (Å²) in [5.41, 5.74) is 4.98. The number of amides is 2. The van der Waals surface area contributed by atoms with Gasteiger partial charge in [-0.25, -0.2) is 0 Å². The molecule has 1 saturated carbocycles. The number of hydrogen-bond donors (Lipinski definition) is 1. The number of aliphatic hydroxyl groups is 1. The molecule has 1 aliphatic carbocycles. The summed E-state index contributed by atoms with van der Waals surface area (Å²) in [5, 5.41) is 9.74. The van der Waals surface area contributed by atoms with Crippen molar-refractivity contribution in [3.05, 3.63) is 70.3 Å². The average molecular weight is 433 g/mol. The molecular weight excluding hydrogens is 400 g/mol. The Morgan fingerprint density at radius 1 is 1.09 bits per heavy atom. The summed E-state index contributed by atoms with van der Waals surface area (Å²) in [6.45, 7) is 3.94. The minimum atomic E-state index is -0.176. The Bertz CT molecular complexity index is 1030. The first-order valence-electron chi connectivity index (χ1n) is 12.0. The quantitative estimate of drug-likeness (QED) is 0.792. The molecule has 2 aliphatic heterocycles. The van der Waals surface area contributed by atoms with Gasteiger partial charge in [-0.2, -0.15) is 0 Å². The second kappa shape index (κ2) is 8.70. The van der Waals surface area contributed by atoms with Gasteiger partial charge in [0.15, 0.2) is 0 Å². The van der Waals surface area contributed by atoms with Gasteiger partial charge in [0.2, 0.25) is 5.91 Å². The van der Waals surface area contributed by atoms with Crippen molar-refractivity contribution in [1.82, 2.24) is 9.80 Å². The van der Waals surface area contributed by atoms with Crippen LogP contribution in [0.1, 0.15) is 71.3 Å². The van der Waals surface area contributed by atoms with E-state index in [4.69, 9.17) is 0 Å². The largest absolute Gasteiger partial charge is 0.392 e. The van der Waals surface area contributed by atoms with E-state index in [9.17, 15) is 14.7 Å². The van der Waals surface area contributed by atoms with E-state index in [-0.39, 0.29) is 30.4 Å². The number of carbonyl (C=O) groups is 2. The zero-order valence-corrected chi connectivity index (χ0v) is 18.8. The Kier molecular flexibility index (Phi) is 5.76. The second-order valence-electron chi connectivity index (χ2n) is 9.70. The lowest BCUT2D eigenvalue weighted by Crippen LogP contribution is -2.48. The third-order valence-corrected chi connectivity index (χ3v) is 7.75. The van der Waals surface area contributed by atoms with Gasteiger partial charge in [-0.05, 0) is 53.5 Å². The lowest BCUT2D eigenvalue weighted by atomic mass is 9.78. The lowest BCUT2D eigenvalue weighted by molar-refractivity contribution is -0.141. The molecule has 0 spiro atoms. The molecular formula is C27H32N2O3. The molecule has 168 valence electrons. The van der Waals surface area contributed by atoms with Crippen LogP contribution < -0.4 is 0 Å². The molecule has 2 amide bonds. The van der Waals surface area contributed by atoms with Crippen LogP contribution in [0, 0.1) is 11.8 Å². The minimum absolute atomic E-state index is 0.0261. The summed E-state index contributed by atoms with van der Waals surface area (Å²) in [6, 6.07) is 13.7. The van der Waals surface area contributed by atoms with Gasteiger partial charge < -0.3 is 14.9 Å². The zero-order chi connectivity index (χ0) is 22.2. The average Bonchev–Trinajstić information content (AvgIpc) is 3.14. The molecule has 2 aromatic rings. The van der Waals surface area contributed by atoms with Crippen molar-refractivity contribution < 1.29 is 14.7 Å². The summed E-state index contributed by atoms with van der Waals surface area (Å²) >= 11 is 0. The van der Waals surface area contributed by atoms with Crippen LogP contribution in [0.3, 0.4) is 0 Å². The predicted molar refractivity (Wildman–Crippen MR) is 123 cm³/mol. The maximum atomic E-state index is 13.8. The monoisotopic (exact) mass is 432 g/mol. The van der Waals surface area contributed by atoms with E-state index in [0.29, 0.717) is 25.6 Å². The molecule has 0 radical (unpaired) electrons. The Labute approximate surface area is 190 Å². The van der Waals surface area contributed by atoms with Crippen LogP contribution in [0.15, 0.2) is 42.5 Å². The van der Waals surface area contributed by atoms with Crippen LogP contribution >= 0.6 is 0 Å². The van der Waals surface area contributed by atoms with Crippen molar-refractivity contribution in [2.24, 2.45) is 11.8 Å². The molecule has 5 nitrogen and oxygen atoms in total. The number of rotatable bonds is 4. The fraction of sp³-hybridized carbons (Fsp3) is 0.481. The summed E-state index contributed by atoms with van der Waals surface area (Å²) < 4.78 is 0. The highest BCUT2D eigenvalue weighted by molar-refractivity contribution is 5.98. The Morgan fingerprint density at radius 3 is 2.69 bits per heavy atom. The minimum Gasteiger partial charge on any atom is -0.392 e. The van der Waals surface area contributed by atoms with Gasteiger partial charge in [-0.3, -0.25) is 9.59 Å². The number of benzene rings is 2. The van der Waals surface area contributed by atoms with Gasteiger partial charge in [0, 0.05) is 31.1 Å². The van der Waals surface area contributed by atoms with E-state index in [2.05, 4.69) is 13.0 Å². The predicted octanol–water partition coefficient (Wildman–Crippen LogP) is 4.09. The second-order valence-corrected chi connectivity index (χ2v) is 9.70. The van der Waals surface area contributed by atoms with Crippen molar-refractivity contribution in [2.75, 3.05) is 13.1 Å². The number of fused-ring (bicyclic) bond motifs is 2. The lowest BCUT2D eigenvalue weighted by Gasteiger charge is -2.42. The van der Waals surface area contributed by atoms with E-state index in [1.54, 1.807) is 0 Å². The molecule has 0 bridgehead atoms. The number of hydrogen-bond acceptors (Lipinski definition) is 3. The SMILES string of the molecule is C[C@H]1CCCC[C@H]1C(=O)N1CCc2ccc(CO)cc2[C@H]1CN1Cc2ccccc2C1=O. The topological polar surface area (TPSA) is 60.9 Å². The first-order chi connectivity index (χ1) is 15.6. The molecule has 0 aromatic heterocycles. The van der Waals surface area contributed by atoms with Crippen LogP contribution in [0.4, 0.5) is 0 Å². The fourth-order valence-electron chi connectivity index (χ4n) is 5.87. The Balaban J connectivity index is 1.48. The van der Waals surface area contributed by atoms with Gasteiger partial charge in [0.05, 0.1) is 12.6 Å². The van der Waals surface area contributed by atoms with Gasteiger partial charge in [-0.1, -0.05) is 56.2 Å². The van der Waals surface area contributed by atoms with Crippen molar-refractivity contribution >= 4 is 11.8 Å². The summed E-state index contributed by atoms with van der Waals surface area (Å²) in [6.07, 6.45) is 5.21. The van der Waals surface area contributed by atoms with E-state index in [1.165, 1.54) is 12.0 Å². The molecule has 1 N–H and O–H groups in total. The molecule has 2 heterocycles. The van der Waals surface area contributed by atoms with Crippen LogP contribution in [0.2, 0.25) is 0 Å².